The molecule has 0 atom stereocenters. The van der Waals surface area contributed by atoms with Crippen LogP contribution in [0.3, 0.4) is 0 Å². The minimum absolute atomic E-state index is 0.107. The summed E-state index contributed by atoms with van der Waals surface area (Å²) in [7, 11) is 0. The number of benzene rings is 1. The van der Waals surface area contributed by atoms with Crippen LogP contribution in [0.15, 0.2) is 54.2 Å². The standard InChI is InChI=1S/C19H12FN3O4S/c1-11(27-17-6-4-13(23(25)26)7-14(17)20)19-16(21-2)8-18(28-19)15-5-3-12(10-24)9-22-15/h3-10H,1-2H2. The van der Waals surface area contributed by atoms with Crippen molar-refractivity contribution in [3.05, 3.63) is 75.5 Å². The van der Waals surface area contributed by atoms with Gasteiger partial charge in [-0.3, -0.25) is 24.9 Å². The number of nitrogens with zero attached hydrogens (tertiary/aromatic N) is 3. The molecule has 3 aromatic rings. The number of non-ortho nitro benzene ring substituents is 1. The highest BCUT2D eigenvalue weighted by molar-refractivity contribution is 7.17. The number of carbonyl (C=O) groups is 1. The zero-order chi connectivity index (χ0) is 20.3. The average Bonchev–Trinajstić information content (AvgIpc) is 3.14. The van der Waals surface area contributed by atoms with Gasteiger partial charge < -0.3 is 4.74 Å². The van der Waals surface area contributed by atoms with E-state index in [1.54, 1.807) is 18.2 Å². The van der Waals surface area contributed by atoms with Crippen LogP contribution >= 0.6 is 11.3 Å². The lowest BCUT2D eigenvalue weighted by molar-refractivity contribution is -0.385. The third-order valence-corrected chi connectivity index (χ3v) is 4.86. The van der Waals surface area contributed by atoms with E-state index in [4.69, 9.17) is 4.74 Å². The molecule has 0 aliphatic rings. The monoisotopic (exact) mass is 397 g/mol. The fourth-order valence-corrected chi connectivity index (χ4v) is 3.31. The summed E-state index contributed by atoms with van der Waals surface area (Å²) in [5.74, 6) is -0.976. The number of carbonyl (C=O) groups excluding carboxylic acids is 1. The number of pyridine rings is 1. The summed E-state index contributed by atoms with van der Waals surface area (Å²) in [6, 6.07) is 8.11. The summed E-state index contributed by atoms with van der Waals surface area (Å²) in [6.45, 7) is 7.30. The second-order valence-electron chi connectivity index (χ2n) is 5.47. The van der Waals surface area contributed by atoms with Crippen molar-refractivity contribution in [2.24, 2.45) is 4.99 Å². The SMILES string of the molecule is C=Nc1cc(-c2ccc(C=O)cn2)sc1C(=C)Oc1ccc([N+](=O)[O-])cc1F. The Morgan fingerprint density at radius 2 is 2.11 bits per heavy atom. The van der Waals surface area contributed by atoms with Crippen LogP contribution in [0.4, 0.5) is 15.8 Å². The lowest BCUT2D eigenvalue weighted by Crippen LogP contribution is -1.96. The number of ether oxygens (including phenoxy) is 1. The van der Waals surface area contributed by atoms with Crippen LogP contribution in [0.5, 0.6) is 5.75 Å². The zero-order valence-electron chi connectivity index (χ0n) is 14.3. The van der Waals surface area contributed by atoms with Crippen molar-refractivity contribution in [2.75, 3.05) is 0 Å². The summed E-state index contributed by atoms with van der Waals surface area (Å²) < 4.78 is 19.5. The van der Waals surface area contributed by atoms with E-state index in [2.05, 4.69) is 23.3 Å². The van der Waals surface area contributed by atoms with Crippen molar-refractivity contribution in [1.29, 1.82) is 0 Å². The highest BCUT2D eigenvalue weighted by Gasteiger charge is 2.18. The first-order chi connectivity index (χ1) is 13.4. The van der Waals surface area contributed by atoms with Crippen molar-refractivity contribution in [1.82, 2.24) is 4.98 Å². The highest BCUT2D eigenvalue weighted by atomic mass is 32.1. The molecule has 7 nitrogen and oxygen atoms in total. The van der Waals surface area contributed by atoms with E-state index in [9.17, 15) is 19.3 Å². The van der Waals surface area contributed by atoms with Gasteiger partial charge in [-0.2, -0.15) is 0 Å². The predicted molar refractivity (Wildman–Crippen MR) is 105 cm³/mol. The van der Waals surface area contributed by atoms with Gasteiger partial charge in [-0.25, -0.2) is 4.39 Å². The molecule has 3 rings (SSSR count). The topological polar surface area (TPSA) is 94.7 Å². The Kier molecular flexibility index (Phi) is 5.37. The Hall–Kier alpha value is -3.72. The van der Waals surface area contributed by atoms with Crippen LogP contribution in [-0.4, -0.2) is 22.9 Å². The van der Waals surface area contributed by atoms with Crippen molar-refractivity contribution >= 4 is 41.5 Å². The van der Waals surface area contributed by atoms with Crippen LogP contribution in [-0.2, 0) is 0 Å². The molecule has 0 saturated carbocycles. The Morgan fingerprint density at radius 3 is 2.68 bits per heavy atom. The molecule has 0 saturated heterocycles. The largest absolute Gasteiger partial charge is 0.453 e. The van der Waals surface area contributed by atoms with Gasteiger partial charge in [-0.05, 0) is 31.0 Å². The van der Waals surface area contributed by atoms with Gasteiger partial charge in [-0.15, -0.1) is 11.3 Å². The van der Waals surface area contributed by atoms with Crippen molar-refractivity contribution in [2.45, 2.75) is 0 Å². The first-order valence-electron chi connectivity index (χ1n) is 7.76. The van der Waals surface area contributed by atoms with Crippen molar-refractivity contribution in [3.63, 3.8) is 0 Å². The summed E-state index contributed by atoms with van der Waals surface area (Å²) in [5, 5.41) is 10.7. The fraction of sp³-hybridized carbons (Fsp3) is 0. The normalized spacial score (nSPS) is 10.3. The molecule has 0 aliphatic heterocycles. The molecule has 28 heavy (non-hydrogen) atoms. The second-order valence-corrected chi connectivity index (χ2v) is 6.53. The smallest absolute Gasteiger partial charge is 0.272 e. The van der Waals surface area contributed by atoms with Crippen molar-refractivity contribution in [3.8, 4) is 16.3 Å². The number of hydrogen-bond donors (Lipinski definition) is 0. The lowest BCUT2D eigenvalue weighted by atomic mass is 10.2. The molecular formula is C19H12FN3O4S. The minimum Gasteiger partial charge on any atom is -0.453 e. The van der Waals surface area contributed by atoms with Gasteiger partial charge in [-0.1, -0.05) is 6.58 Å². The lowest BCUT2D eigenvalue weighted by Gasteiger charge is -2.08. The van der Waals surface area contributed by atoms with E-state index >= 15 is 0 Å². The van der Waals surface area contributed by atoms with Crippen LogP contribution in [0.25, 0.3) is 16.3 Å². The third-order valence-electron chi connectivity index (χ3n) is 3.67. The number of nitro groups is 1. The Morgan fingerprint density at radius 1 is 1.32 bits per heavy atom. The summed E-state index contributed by atoms with van der Waals surface area (Å²) in [6.07, 6.45) is 2.14. The number of nitro benzene ring substituents is 1. The quantitative estimate of drug-likeness (QED) is 0.183. The Balaban J connectivity index is 1.89. The van der Waals surface area contributed by atoms with E-state index in [0.29, 0.717) is 28.1 Å². The maximum absolute atomic E-state index is 14.1. The molecule has 0 unspecified atom stereocenters. The molecule has 0 radical (unpaired) electrons. The number of hydrogen-bond acceptors (Lipinski definition) is 7. The van der Waals surface area contributed by atoms with Gasteiger partial charge >= 0.3 is 0 Å². The number of thiophene rings is 1. The van der Waals surface area contributed by atoms with Gasteiger partial charge in [0.05, 0.1) is 32.1 Å². The molecule has 0 bridgehead atoms. The molecule has 0 N–H and O–H groups in total. The van der Waals surface area contributed by atoms with Gasteiger partial charge in [0.15, 0.2) is 17.9 Å². The number of rotatable bonds is 7. The van der Waals surface area contributed by atoms with E-state index in [-0.39, 0.29) is 17.2 Å². The van der Waals surface area contributed by atoms with Gasteiger partial charge in [0, 0.05) is 17.8 Å². The zero-order valence-corrected chi connectivity index (χ0v) is 15.1. The average molecular weight is 397 g/mol. The van der Waals surface area contributed by atoms with Crippen LogP contribution in [0.1, 0.15) is 15.2 Å². The fourth-order valence-electron chi connectivity index (χ4n) is 2.31. The van der Waals surface area contributed by atoms with Gasteiger partial charge in [0.1, 0.15) is 5.76 Å². The molecule has 0 spiro atoms. The first-order valence-corrected chi connectivity index (χ1v) is 8.58. The summed E-state index contributed by atoms with van der Waals surface area (Å²) in [4.78, 5) is 30.1. The minimum atomic E-state index is -0.883. The molecule has 140 valence electrons. The third kappa shape index (κ3) is 3.84. The van der Waals surface area contributed by atoms with Gasteiger partial charge in [0.2, 0.25) is 0 Å². The van der Waals surface area contributed by atoms with Crippen LogP contribution < -0.4 is 4.74 Å². The number of aldehydes is 1. The highest BCUT2D eigenvalue weighted by Crippen LogP contribution is 2.40. The summed E-state index contributed by atoms with van der Waals surface area (Å²) >= 11 is 1.25. The van der Waals surface area contributed by atoms with Gasteiger partial charge in [0.25, 0.3) is 5.69 Å². The Labute approximate surface area is 162 Å². The van der Waals surface area contributed by atoms with E-state index in [0.717, 1.165) is 23.1 Å². The molecule has 0 aliphatic carbocycles. The van der Waals surface area contributed by atoms with Crippen LogP contribution in [0, 0.1) is 15.9 Å². The molecule has 0 amide bonds. The second kappa shape index (κ2) is 7.89. The summed E-state index contributed by atoms with van der Waals surface area (Å²) in [5.41, 5.74) is 1.14. The maximum atomic E-state index is 14.1. The number of aromatic nitrogens is 1. The van der Waals surface area contributed by atoms with E-state index in [1.165, 1.54) is 17.5 Å². The Bertz CT molecular complexity index is 1090. The molecule has 1 aromatic carbocycles. The van der Waals surface area contributed by atoms with Crippen LogP contribution in [0.2, 0.25) is 0 Å². The molecule has 0 fully saturated rings. The molecule has 2 aromatic heterocycles. The van der Waals surface area contributed by atoms with E-state index in [1.807, 2.05) is 0 Å². The predicted octanol–water partition coefficient (Wildman–Crippen LogP) is 5.05. The number of halogens is 1. The van der Waals surface area contributed by atoms with Crippen molar-refractivity contribution < 1.29 is 18.8 Å². The molecule has 2 heterocycles. The molecule has 9 heteroatoms. The maximum Gasteiger partial charge on any atom is 0.272 e. The first kappa shape index (κ1) is 19.1. The van der Waals surface area contributed by atoms with E-state index < -0.39 is 10.7 Å². The number of aliphatic imine (C=N–C) groups is 1. The molecular weight excluding hydrogens is 385 g/mol.